The molecule has 1 aromatic carbocycles. The number of hydrogen-bond acceptors (Lipinski definition) is 5. The summed E-state index contributed by atoms with van der Waals surface area (Å²) in [5.74, 6) is -1.66. The minimum absolute atomic E-state index is 0.0119. The molecule has 2 amide bonds. The predicted octanol–water partition coefficient (Wildman–Crippen LogP) is 0.876. The molecule has 0 aliphatic heterocycles. The van der Waals surface area contributed by atoms with Gasteiger partial charge in [0.25, 0.3) is 5.91 Å². The number of para-hydroxylation sites is 1. The topological polar surface area (TPSA) is 87.2 Å². The lowest BCUT2D eigenvalue weighted by molar-refractivity contribution is -0.140. The van der Waals surface area contributed by atoms with Gasteiger partial charge in [0.1, 0.15) is 11.3 Å². The van der Waals surface area contributed by atoms with Crippen LogP contribution in [0.5, 0.6) is 5.75 Å². The number of ether oxygens (including phenoxy) is 1. The Kier molecular flexibility index (Phi) is 7.05. The van der Waals surface area contributed by atoms with E-state index in [1.54, 1.807) is 17.0 Å². The van der Waals surface area contributed by atoms with Crippen molar-refractivity contribution in [1.29, 1.82) is 0 Å². The Morgan fingerprint density at radius 1 is 1.09 bits per heavy atom. The molecule has 0 unspecified atom stereocenters. The Hall–Kier alpha value is -2.57. The molecule has 0 bridgehead atoms. The van der Waals surface area contributed by atoms with E-state index in [2.05, 4.69) is 0 Å². The summed E-state index contributed by atoms with van der Waals surface area (Å²) < 4.78 is 4.87. The zero-order valence-electron chi connectivity index (χ0n) is 13.6. The molecule has 1 rings (SSSR count). The minimum atomic E-state index is -0.792. The molecular weight excluding hydrogens is 300 g/mol. The summed E-state index contributed by atoms with van der Waals surface area (Å²) in [5, 5.41) is 9.54. The largest absolute Gasteiger partial charge is 0.507 e. The van der Waals surface area contributed by atoms with Crippen LogP contribution in [0, 0.1) is 0 Å². The van der Waals surface area contributed by atoms with Gasteiger partial charge in [-0.1, -0.05) is 12.1 Å². The molecule has 0 saturated carbocycles. The van der Waals surface area contributed by atoms with Gasteiger partial charge in [-0.05, 0) is 26.0 Å². The van der Waals surface area contributed by atoms with Gasteiger partial charge in [-0.25, -0.2) is 4.79 Å². The number of amides is 2. The summed E-state index contributed by atoms with van der Waals surface area (Å²) >= 11 is 0. The quantitative estimate of drug-likeness (QED) is 0.753. The summed E-state index contributed by atoms with van der Waals surface area (Å²) in [6, 6.07) is 5.90. The Morgan fingerprint density at radius 3 is 2.26 bits per heavy atom. The molecule has 7 nitrogen and oxygen atoms in total. The van der Waals surface area contributed by atoms with E-state index in [9.17, 15) is 19.5 Å². The van der Waals surface area contributed by atoms with Crippen molar-refractivity contribution < 1.29 is 24.2 Å². The predicted molar refractivity (Wildman–Crippen MR) is 84.0 cm³/mol. The van der Waals surface area contributed by atoms with Crippen LogP contribution >= 0.6 is 0 Å². The van der Waals surface area contributed by atoms with Gasteiger partial charge in [0.15, 0.2) is 6.61 Å². The maximum atomic E-state index is 11.9. The van der Waals surface area contributed by atoms with Gasteiger partial charge in [-0.2, -0.15) is 0 Å². The van der Waals surface area contributed by atoms with Crippen molar-refractivity contribution in [3.8, 4) is 5.75 Å². The van der Waals surface area contributed by atoms with E-state index >= 15 is 0 Å². The van der Waals surface area contributed by atoms with Crippen molar-refractivity contribution in [2.24, 2.45) is 0 Å². The number of nitrogens with zero attached hydrogens (tertiary/aromatic N) is 2. The maximum Gasteiger partial charge on any atom is 0.342 e. The number of rotatable bonds is 7. The fourth-order valence-electron chi connectivity index (χ4n) is 1.93. The number of phenols is 1. The highest BCUT2D eigenvalue weighted by Crippen LogP contribution is 2.16. The van der Waals surface area contributed by atoms with E-state index in [1.807, 2.05) is 13.8 Å². The van der Waals surface area contributed by atoms with E-state index in [1.165, 1.54) is 24.1 Å². The summed E-state index contributed by atoms with van der Waals surface area (Å²) in [5.41, 5.74) is -0.0119. The van der Waals surface area contributed by atoms with Crippen LogP contribution in [0.25, 0.3) is 0 Å². The second kappa shape index (κ2) is 8.77. The van der Waals surface area contributed by atoms with Crippen molar-refractivity contribution >= 4 is 17.8 Å². The van der Waals surface area contributed by atoms with E-state index < -0.39 is 18.5 Å². The number of phenolic OH excluding ortho intramolecular Hbond substituents is 1. The second-order valence-corrected chi connectivity index (χ2v) is 4.91. The molecule has 0 aromatic heterocycles. The molecule has 0 atom stereocenters. The van der Waals surface area contributed by atoms with Crippen LogP contribution in [-0.4, -0.2) is 66.0 Å². The summed E-state index contributed by atoms with van der Waals surface area (Å²) in [6.07, 6.45) is 0. The summed E-state index contributed by atoms with van der Waals surface area (Å²) in [6.45, 7) is 4.29. The molecule has 0 fully saturated rings. The zero-order chi connectivity index (χ0) is 17.4. The minimum Gasteiger partial charge on any atom is -0.507 e. The lowest BCUT2D eigenvalue weighted by Crippen LogP contribution is -2.42. The van der Waals surface area contributed by atoms with E-state index in [4.69, 9.17) is 4.74 Å². The molecule has 7 heteroatoms. The number of aromatic hydroxyl groups is 1. The first kappa shape index (κ1) is 18.5. The second-order valence-electron chi connectivity index (χ2n) is 4.91. The van der Waals surface area contributed by atoms with E-state index in [-0.39, 0.29) is 23.8 Å². The first-order chi connectivity index (χ1) is 10.9. The van der Waals surface area contributed by atoms with Crippen molar-refractivity contribution in [1.82, 2.24) is 9.80 Å². The van der Waals surface area contributed by atoms with Crippen LogP contribution in [-0.2, 0) is 14.3 Å². The van der Waals surface area contributed by atoms with Crippen LogP contribution in [0.1, 0.15) is 24.2 Å². The van der Waals surface area contributed by atoms with Crippen LogP contribution in [0.3, 0.4) is 0 Å². The molecule has 0 radical (unpaired) electrons. The monoisotopic (exact) mass is 322 g/mol. The highest BCUT2D eigenvalue weighted by atomic mass is 16.5. The summed E-state index contributed by atoms with van der Waals surface area (Å²) in [7, 11) is 1.47. The van der Waals surface area contributed by atoms with Crippen molar-refractivity contribution in [2.75, 3.05) is 33.3 Å². The van der Waals surface area contributed by atoms with Crippen molar-refractivity contribution in [3.63, 3.8) is 0 Å². The van der Waals surface area contributed by atoms with Crippen LogP contribution < -0.4 is 0 Å². The Balaban J connectivity index is 2.51. The highest BCUT2D eigenvalue weighted by molar-refractivity contribution is 5.94. The average Bonchev–Trinajstić information content (AvgIpc) is 2.53. The number of carbonyl (C=O) groups excluding carboxylic acids is 3. The molecule has 0 heterocycles. The van der Waals surface area contributed by atoms with Gasteiger partial charge in [0.2, 0.25) is 5.91 Å². The first-order valence-electron chi connectivity index (χ1n) is 7.37. The van der Waals surface area contributed by atoms with Crippen LogP contribution in [0.2, 0.25) is 0 Å². The fraction of sp³-hybridized carbons (Fsp3) is 0.438. The molecular formula is C16H22N2O5. The normalized spacial score (nSPS) is 10.0. The van der Waals surface area contributed by atoms with Gasteiger partial charge in [-0.15, -0.1) is 0 Å². The lowest BCUT2D eigenvalue weighted by atomic mass is 10.2. The van der Waals surface area contributed by atoms with E-state index in [0.29, 0.717) is 13.1 Å². The molecule has 0 saturated heterocycles. The Labute approximate surface area is 135 Å². The fourth-order valence-corrected chi connectivity index (χ4v) is 1.93. The van der Waals surface area contributed by atoms with Gasteiger partial charge in [0, 0.05) is 20.1 Å². The molecule has 23 heavy (non-hydrogen) atoms. The standard InChI is InChI=1S/C16H22N2O5/c1-4-18(5-2)14(20)10-17(3)15(21)11-23-16(22)12-8-6-7-9-13(12)19/h6-9,19H,4-5,10-11H2,1-3H3. The number of carbonyl (C=O) groups is 3. The average molecular weight is 322 g/mol. The lowest BCUT2D eigenvalue weighted by Gasteiger charge is -2.23. The smallest absolute Gasteiger partial charge is 0.342 e. The van der Waals surface area contributed by atoms with Gasteiger partial charge >= 0.3 is 5.97 Å². The third-order valence-corrected chi connectivity index (χ3v) is 3.37. The molecule has 126 valence electrons. The van der Waals surface area contributed by atoms with Gasteiger partial charge in [-0.3, -0.25) is 9.59 Å². The van der Waals surface area contributed by atoms with Crippen LogP contribution in [0.4, 0.5) is 0 Å². The van der Waals surface area contributed by atoms with Gasteiger partial charge in [0.05, 0.1) is 6.54 Å². The Bertz CT molecular complexity index is 569. The number of likely N-dealkylation sites (N-methyl/N-ethyl adjacent to an activating group) is 2. The zero-order valence-corrected chi connectivity index (χ0v) is 13.6. The molecule has 1 aromatic rings. The molecule has 0 aliphatic rings. The third kappa shape index (κ3) is 5.28. The van der Waals surface area contributed by atoms with Crippen LogP contribution in [0.15, 0.2) is 24.3 Å². The molecule has 1 N–H and O–H groups in total. The third-order valence-electron chi connectivity index (χ3n) is 3.37. The van der Waals surface area contributed by atoms with Gasteiger partial charge < -0.3 is 19.6 Å². The maximum absolute atomic E-state index is 11.9. The van der Waals surface area contributed by atoms with E-state index in [0.717, 1.165) is 0 Å². The van der Waals surface area contributed by atoms with Crippen molar-refractivity contribution in [2.45, 2.75) is 13.8 Å². The van der Waals surface area contributed by atoms with Crippen molar-refractivity contribution in [3.05, 3.63) is 29.8 Å². The Morgan fingerprint density at radius 2 is 1.70 bits per heavy atom. The highest BCUT2D eigenvalue weighted by Gasteiger charge is 2.19. The number of hydrogen-bond donors (Lipinski definition) is 1. The first-order valence-corrected chi connectivity index (χ1v) is 7.37. The summed E-state index contributed by atoms with van der Waals surface area (Å²) in [4.78, 5) is 38.4. The number of benzene rings is 1. The number of esters is 1. The molecule has 0 spiro atoms. The SMILES string of the molecule is CCN(CC)C(=O)CN(C)C(=O)COC(=O)c1ccccc1O. The molecule has 0 aliphatic carbocycles.